The molecular weight excluding hydrogens is 168 g/mol. The van der Waals surface area contributed by atoms with Gasteiger partial charge in [-0.1, -0.05) is 37.1 Å². The minimum atomic E-state index is 0.920. The summed E-state index contributed by atoms with van der Waals surface area (Å²) < 4.78 is 0. The van der Waals surface area contributed by atoms with Gasteiger partial charge in [0.05, 0.1) is 0 Å². The SMILES string of the molecule is CCC1=C[C@@H]2[C@@H](C1)[C@@H]1C[C@@H]2C=C1CC. The Morgan fingerprint density at radius 3 is 2.79 bits per heavy atom. The molecule has 14 heavy (non-hydrogen) atoms. The van der Waals surface area contributed by atoms with Gasteiger partial charge in [0.15, 0.2) is 0 Å². The molecule has 4 atom stereocenters. The molecule has 0 N–H and O–H groups in total. The number of allylic oxidation sites excluding steroid dienone is 4. The third-order valence-corrected chi connectivity index (χ3v) is 4.72. The van der Waals surface area contributed by atoms with Gasteiger partial charge in [0.25, 0.3) is 0 Å². The van der Waals surface area contributed by atoms with Crippen molar-refractivity contribution in [2.75, 3.05) is 0 Å². The molecule has 76 valence electrons. The predicted molar refractivity (Wildman–Crippen MR) is 59.9 cm³/mol. The second-order valence-electron chi connectivity index (χ2n) is 5.22. The molecule has 0 saturated heterocycles. The lowest BCUT2D eigenvalue weighted by Gasteiger charge is -2.24. The quantitative estimate of drug-likeness (QED) is 0.576. The van der Waals surface area contributed by atoms with Crippen LogP contribution in [0.5, 0.6) is 0 Å². The number of hydrogen-bond donors (Lipinski definition) is 0. The molecule has 1 saturated carbocycles. The highest BCUT2D eigenvalue weighted by molar-refractivity contribution is 5.31. The molecule has 0 aromatic carbocycles. The average molecular weight is 188 g/mol. The molecule has 0 unspecified atom stereocenters. The summed E-state index contributed by atoms with van der Waals surface area (Å²) >= 11 is 0. The maximum absolute atomic E-state index is 2.61. The van der Waals surface area contributed by atoms with Gasteiger partial charge in [-0.25, -0.2) is 0 Å². The van der Waals surface area contributed by atoms with Crippen molar-refractivity contribution in [1.82, 2.24) is 0 Å². The summed E-state index contributed by atoms with van der Waals surface area (Å²) in [6.07, 6.45) is 10.7. The van der Waals surface area contributed by atoms with Gasteiger partial charge in [-0.05, 0) is 49.4 Å². The first-order chi connectivity index (χ1) is 6.83. The van der Waals surface area contributed by atoms with Gasteiger partial charge in [0.2, 0.25) is 0 Å². The Hall–Kier alpha value is -0.520. The second-order valence-corrected chi connectivity index (χ2v) is 5.22. The monoisotopic (exact) mass is 188 g/mol. The van der Waals surface area contributed by atoms with Crippen LogP contribution in [0.2, 0.25) is 0 Å². The molecule has 0 aromatic rings. The van der Waals surface area contributed by atoms with Crippen molar-refractivity contribution in [2.24, 2.45) is 23.7 Å². The van der Waals surface area contributed by atoms with Crippen LogP contribution in [0.4, 0.5) is 0 Å². The summed E-state index contributed by atoms with van der Waals surface area (Å²) in [5.74, 6) is 3.83. The summed E-state index contributed by atoms with van der Waals surface area (Å²) in [7, 11) is 0. The van der Waals surface area contributed by atoms with Crippen LogP contribution >= 0.6 is 0 Å². The molecule has 0 spiro atoms. The summed E-state index contributed by atoms with van der Waals surface area (Å²) in [4.78, 5) is 0. The van der Waals surface area contributed by atoms with Crippen LogP contribution in [-0.4, -0.2) is 0 Å². The van der Waals surface area contributed by atoms with Gasteiger partial charge in [-0.15, -0.1) is 0 Å². The van der Waals surface area contributed by atoms with Crippen molar-refractivity contribution in [3.8, 4) is 0 Å². The van der Waals surface area contributed by atoms with E-state index in [-0.39, 0.29) is 0 Å². The standard InChI is InChI=1S/C14H20/c1-3-9-5-12-11-7-10(4-2)13(8-11)14(12)6-9/h5,7,11-14H,3-4,6,8H2,1-2H3/t11-,12-,13+,14+/m0/s1. The van der Waals surface area contributed by atoms with Crippen molar-refractivity contribution in [3.05, 3.63) is 23.3 Å². The normalized spacial score (nSPS) is 43.9. The van der Waals surface area contributed by atoms with Gasteiger partial charge < -0.3 is 0 Å². The van der Waals surface area contributed by atoms with E-state index < -0.39 is 0 Å². The first-order valence-electron chi connectivity index (χ1n) is 6.23. The van der Waals surface area contributed by atoms with Crippen molar-refractivity contribution < 1.29 is 0 Å². The van der Waals surface area contributed by atoms with E-state index >= 15 is 0 Å². The van der Waals surface area contributed by atoms with Gasteiger partial charge in [0.1, 0.15) is 0 Å². The molecule has 2 bridgehead atoms. The number of hydrogen-bond acceptors (Lipinski definition) is 0. The largest absolute Gasteiger partial charge is 0.0813 e. The van der Waals surface area contributed by atoms with Gasteiger partial charge >= 0.3 is 0 Å². The smallest absolute Gasteiger partial charge is 0.0130 e. The highest BCUT2D eigenvalue weighted by Crippen LogP contribution is 2.57. The zero-order chi connectivity index (χ0) is 9.71. The van der Waals surface area contributed by atoms with Crippen molar-refractivity contribution in [3.63, 3.8) is 0 Å². The van der Waals surface area contributed by atoms with E-state index in [1.807, 2.05) is 0 Å². The molecule has 0 amide bonds. The minimum Gasteiger partial charge on any atom is -0.0813 e. The summed E-state index contributed by atoms with van der Waals surface area (Å²) in [5.41, 5.74) is 3.52. The topological polar surface area (TPSA) is 0 Å². The number of rotatable bonds is 2. The van der Waals surface area contributed by atoms with Crippen LogP contribution < -0.4 is 0 Å². The maximum Gasteiger partial charge on any atom is -0.0130 e. The van der Waals surface area contributed by atoms with Crippen LogP contribution in [0.3, 0.4) is 0 Å². The van der Waals surface area contributed by atoms with E-state index in [1.165, 1.54) is 25.7 Å². The predicted octanol–water partition coefficient (Wildman–Crippen LogP) is 3.95. The highest BCUT2D eigenvalue weighted by atomic mass is 14.5. The summed E-state index contributed by atoms with van der Waals surface area (Å²) in [6.45, 7) is 4.63. The van der Waals surface area contributed by atoms with E-state index in [2.05, 4.69) is 26.0 Å². The molecule has 3 rings (SSSR count). The van der Waals surface area contributed by atoms with Crippen LogP contribution in [0.1, 0.15) is 39.5 Å². The van der Waals surface area contributed by atoms with Crippen molar-refractivity contribution >= 4 is 0 Å². The fraction of sp³-hybridized carbons (Fsp3) is 0.714. The molecule has 3 aliphatic carbocycles. The average Bonchev–Trinajstić information content (AvgIpc) is 2.87. The van der Waals surface area contributed by atoms with E-state index in [9.17, 15) is 0 Å². The fourth-order valence-corrected chi connectivity index (χ4v) is 4.03. The third kappa shape index (κ3) is 1.00. The Morgan fingerprint density at radius 2 is 2.07 bits per heavy atom. The Balaban J connectivity index is 1.86. The van der Waals surface area contributed by atoms with E-state index in [0.717, 1.165) is 23.7 Å². The molecule has 0 aliphatic heterocycles. The molecule has 1 fully saturated rings. The molecule has 0 heteroatoms. The van der Waals surface area contributed by atoms with Gasteiger partial charge in [-0.2, -0.15) is 0 Å². The molecule has 0 nitrogen and oxygen atoms in total. The van der Waals surface area contributed by atoms with E-state index in [1.54, 1.807) is 11.1 Å². The van der Waals surface area contributed by atoms with Crippen LogP contribution in [0, 0.1) is 23.7 Å². The molecule has 3 aliphatic rings. The Bertz CT molecular complexity index is 308. The molecule has 0 radical (unpaired) electrons. The molecule has 0 heterocycles. The van der Waals surface area contributed by atoms with Crippen LogP contribution in [-0.2, 0) is 0 Å². The zero-order valence-corrected chi connectivity index (χ0v) is 9.29. The van der Waals surface area contributed by atoms with Crippen molar-refractivity contribution in [1.29, 1.82) is 0 Å². The summed E-state index contributed by atoms with van der Waals surface area (Å²) in [6, 6.07) is 0. The van der Waals surface area contributed by atoms with Crippen LogP contribution in [0.25, 0.3) is 0 Å². The van der Waals surface area contributed by atoms with Crippen molar-refractivity contribution in [2.45, 2.75) is 39.5 Å². The van der Waals surface area contributed by atoms with E-state index in [0.29, 0.717) is 0 Å². The third-order valence-electron chi connectivity index (χ3n) is 4.72. The number of fused-ring (bicyclic) bond motifs is 5. The maximum atomic E-state index is 2.61. The Morgan fingerprint density at radius 1 is 1.21 bits per heavy atom. The highest BCUT2D eigenvalue weighted by Gasteiger charge is 2.48. The minimum absolute atomic E-state index is 0.920. The first kappa shape index (κ1) is 8.76. The summed E-state index contributed by atoms with van der Waals surface area (Å²) in [5, 5.41) is 0. The Kier molecular flexibility index (Phi) is 1.87. The molecule has 0 aromatic heterocycles. The lowest BCUT2D eigenvalue weighted by Crippen LogP contribution is -2.16. The van der Waals surface area contributed by atoms with E-state index in [4.69, 9.17) is 0 Å². The second kappa shape index (κ2) is 2.98. The van der Waals surface area contributed by atoms with Crippen LogP contribution in [0.15, 0.2) is 23.3 Å². The lowest BCUT2D eigenvalue weighted by atomic mass is 9.80. The molecular formula is C14H20. The lowest BCUT2D eigenvalue weighted by molar-refractivity contribution is 0.375. The fourth-order valence-electron chi connectivity index (χ4n) is 4.03. The first-order valence-corrected chi connectivity index (χ1v) is 6.23. The van der Waals surface area contributed by atoms with Gasteiger partial charge in [0, 0.05) is 0 Å². The Labute approximate surface area is 87.1 Å². The van der Waals surface area contributed by atoms with Gasteiger partial charge in [-0.3, -0.25) is 0 Å². The zero-order valence-electron chi connectivity index (χ0n) is 9.29.